The molecular weight excluding hydrogens is 557 g/mol. The van der Waals surface area contributed by atoms with E-state index in [1.54, 1.807) is 22.9 Å². The summed E-state index contributed by atoms with van der Waals surface area (Å²) in [4.78, 5) is 37.2. The highest BCUT2D eigenvalue weighted by Crippen LogP contribution is 2.35. The molecule has 0 bridgehead atoms. The number of hydrogen-bond acceptors (Lipinski definition) is 7. The molecule has 0 unspecified atom stereocenters. The molecule has 1 aliphatic heterocycles. The van der Waals surface area contributed by atoms with Gasteiger partial charge in [-0.25, -0.2) is 8.42 Å². The normalized spacial score (nSPS) is 15.7. The van der Waals surface area contributed by atoms with E-state index in [4.69, 9.17) is 11.6 Å². The lowest BCUT2D eigenvalue weighted by atomic mass is 10.1. The Morgan fingerprint density at radius 3 is 2.59 bits per heavy atom. The van der Waals surface area contributed by atoms with Gasteiger partial charge in [-0.1, -0.05) is 23.7 Å². The van der Waals surface area contributed by atoms with Gasteiger partial charge in [0.2, 0.25) is 10.0 Å². The zero-order valence-electron chi connectivity index (χ0n) is 18.7. The number of rotatable bonds is 6. The summed E-state index contributed by atoms with van der Waals surface area (Å²) in [6, 6.07) is 8.36. The number of imide groups is 1. The van der Waals surface area contributed by atoms with E-state index in [9.17, 15) is 36.0 Å². The Morgan fingerprint density at radius 1 is 1.19 bits per heavy atom. The van der Waals surface area contributed by atoms with Crippen LogP contribution in [-0.2, 0) is 32.3 Å². The van der Waals surface area contributed by atoms with Crippen molar-refractivity contribution in [3.8, 4) is 0 Å². The van der Waals surface area contributed by atoms with Crippen LogP contribution in [0.15, 0.2) is 47.5 Å². The first-order valence-corrected chi connectivity index (χ1v) is 13.4. The van der Waals surface area contributed by atoms with Crippen LogP contribution in [0.25, 0.3) is 17.0 Å². The first kappa shape index (κ1) is 26.7. The summed E-state index contributed by atoms with van der Waals surface area (Å²) in [7, 11) is -3.85. The van der Waals surface area contributed by atoms with Crippen molar-refractivity contribution in [2.45, 2.75) is 12.7 Å². The smallest absolute Gasteiger partial charge is 0.272 e. The van der Waals surface area contributed by atoms with Gasteiger partial charge in [0.1, 0.15) is 6.54 Å². The average molecular weight is 573 g/mol. The van der Waals surface area contributed by atoms with Crippen LogP contribution < -0.4 is 4.72 Å². The molecule has 4 rings (SSSR count). The van der Waals surface area contributed by atoms with Crippen molar-refractivity contribution >= 4 is 67.4 Å². The molecule has 0 radical (unpaired) electrons. The number of nitrogens with one attached hydrogen (secondary N) is 1. The van der Waals surface area contributed by atoms with Crippen LogP contribution in [0.3, 0.4) is 0 Å². The van der Waals surface area contributed by atoms with Crippen LogP contribution in [-0.4, -0.2) is 53.0 Å². The largest absolute Gasteiger partial charge is 0.416 e. The van der Waals surface area contributed by atoms with Crippen LogP contribution in [0, 0.1) is 0 Å². The van der Waals surface area contributed by atoms with Gasteiger partial charge in [-0.15, -0.1) is 0 Å². The number of aromatic nitrogens is 2. The fourth-order valence-corrected chi connectivity index (χ4v) is 5.09. The molecule has 1 aliphatic rings. The van der Waals surface area contributed by atoms with Gasteiger partial charge in [-0.05, 0) is 53.2 Å². The number of carbonyl (C=O) groups excluding carboxylic acids is 3. The number of alkyl halides is 3. The lowest BCUT2D eigenvalue weighted by Crippen LogP contribution is -2.41. The lowest BCUT2D eigenvalue weighted by Gasteiger charge is -2.14. The number of sulfonamides is 1. The summed E-state index contributed by atoms with van der Waals surface area (Å²) in [6.45, 7) is -0.922. The molecule has 1 N–H and O–H groups in total. The summed E-state index contributed by atoms with van der Waals surface area (Å²) in [5, 5.41) is 3.98. The number of carbonyl (C=O) groups is 3. The summed E-state index contributed by atoms with van der Waals surface area (Å²) < 4.78 is 65.8. The van der Waals surface area contributed by atoms with Gasteiger partial charge < -0.3 is 0 Å². The van der Waals surface area contributed by atoms with E-state index in [1.807, 2.05) is 0 Å². The van der Waals surface area contributed by atoms with Gasteiger partial charge >= 0.3 is 6.18 Å². The van der Waals surface area contributed by atoms with Gasteiger partial charge in [-0.2, -0.15) is 18.3 Å². The zero-order chi connectivity index (χ0) is 27.1. The Morgan fingerprint density at radius 2 is 1.92 bits per heavy atom. The monoisotopic (exact) mass is 572 g/mol. The number of thioether (sulfide) groups is 1. The van der Waals surface area contributed by atoms with E-state index in [0.717, 1.165) is 12.3 Å². The number of halogens is 4. The minimum Gasteiger partial charge on any atom is -0.272 e. The minimum absolute atomic E-state index is 0.0138. The maximum Gasteiger partial charge on any atom is 0.416 e. The van der Waals surface area contributed by atoms with Crippen LogP contribution in [0.5, 0.6) is 0 Å². The molecule has 0 atom stereocenters. The molecule has 9 nitrogen and oxygen atoms in total. The van der Waals surface area contributed by atoms with Crippen molar-refractivity contribution < 1.29 is 36.0 Å². The molecule has 1 aromatic heterocycles. The van der Waals surface area contributed by atoms with Crippen molar-refractivity contribution in [1.82, 2.24) is 19.4 Å². The number of benzene rings is 2. The molecule has 15 heteroatoms. The van der Waals surface area contributed by atoms with Crippen molar-refractivity contribution in [2.24, 2.45) is 0 Å². The highest BCUT2D eigenvalue weighted by atomic mass is 35.5. The van der Waals surface area contributed by atoms with Gasteiger partial charge in [-0.3, -0.25) is 28.7 Å². The maximum atomic E-state index is 13.4. The summed E-state index contributed by atoms with van der Waals surface area (Å²) in [5.41, 5.74) is 0.159. The number of amides is 3. The van der Waals surface area contributed by atoms with E-state index in [2.05, 4.69) is 5.10 Å². The molecule has 37 heavy (non-hydrogen) atoms. The third-order valence-electron chi connectivity index (χ3n) is 5.14. The molecule has 3 amide bonds. The van der Waals surface area contributed by atoms with Crippen molar-refractivity contribution in [2.75, 3.05) is 12.8 Å². The zero-order valence-corrected chi connectivity index (χ0v) is 21.1. The highest BCUT2D eigenvalue weighted by molar-refractivity contribution is 8.18. The fourth-order valence-electron chi connectivity index (χ4n) is 3.60. The third kappa shape index (κ3) is 6.14. The van der Waals surface area contributed by atoms with Crippen molar-refractivity contribution in [3.05, 3.63) is 69.2 Å². The molecule has 0 aliphatic carbocycles. The topological polar surface area (TPSA) is 118 Å². The van der Waals surface area contributed by atoms with Crippen LogP contribution in [0.1, 0.15) is 16.7 Å². The Balaban J connectivity index is 1.56. The molecule has 1 fully saturated rings. The summed E-state index contributed by atoms with van der Waals surface area (Å²) in [5.74, 6) is -1.80. The van der Waals surface area contributed by atoms with E-state index >= 15 is 0 Å². The minimum atomic E-state index is -4.59. The summed E-state index contributed by atoms with van der Waals surface area (Å²) >= 11 is 6.33. The molecule has 3 aromatic rings. The maximum absolute atomic E-state index is 13.4. The van der Waals surface area contributed by atoms with Gasteiger partial charge in [0.25, 0.3) is 17.1 Å². The molecule has 194 valence electrons. The molecule has 1 saturated heterocycles. The Hall–Kier alpha value is -3.36. The van der Waals surface area contributed by atoms with Gasteiger partial charge in [0, 0.05) is 10.4 Å². The number of hydrogen-bond donors (Lipinski definition) is 1. The Bertz CT molecular complexity index is 1580. The van der Waals surface area contributed by atoms with Crippen LogP contribution in [0.4, 0.5) is 18.0 Å². The average Bonchev–Trinajstić information content (AvgIpc) is 3.28. The number of nitrogens with zero attached hydrogens (tertiary/aromatic N) is 3. The predicted octanol–water partition coefficient (Wildman–Crippen LogP) is 3.87. The molecule has 2 heterocycles. The first-order chi connectivity index (χ1) is 17.2. The molecule has 0 spiro atoms. The predicted molar refractivity (Wildman–Crippen MR) is 131 cm³/mol. The van der Waals surface area contributed by atoms with E-state index in [0.29, 0.717) is 33.1 Å². The SMILES string of the molecule is CS(=O)(=O)NC(=O)CN1C(=O)SC(=Cc2ccc3c(cnn3Cc3ccc(Cl)cc3C(F)(F)F)c2)C1=O. The van der Waals surface area contributed by atoms with Crippen molar-refractivity contribution in [1.29, 1.82) is 0 Å². The van der Waals surface area contributed by atoms with E-state index in [1.165, 1.54) is 29.1 Å². The standard InChI is InChI=1S/C22H16ClF3N4O5S2/c1-37(34,35)28-19(31)11-29-20(32)18(36-21(29)33)7-12-2-5-17-14(6-12)9-27-30(17)10-13-3-4-15(23)8-16(13)22(24,25)26/h2-9H,10-11H2,1H3,(H,28,31). The van der Waals surface area contributed by atoms with Gasteiger partial charge in [0.05, 0.1) is 35.0 Å². The molecular formula is C22H16ClF3N4O5S2. The Labute approximate surface area is 217 Å². The third-order valence-corrected chi connectivity index (χ3v) is 6.88. The second-order valence-corrected chi connectivity index (χ2v) is 11.2. The van der Waals surface area contributed by atoms with E-state index < -0.39 is 45.4 Å². The number of fused-ring (bicyclic) bond motifs is 1. The fraction of sp³-hybridized carbons (Fsp3) is 0.182. The summed E-state index contributed by atoms with van der Waals surface area (Å²) in [6.07, 6.45) is -0.958. The Kier molecular flexibility index (Phi) is 7.10. The van der Waals surface area contributed by atoms with Crippen LogP contribution >= 0.6 is 23.4 Å². The van der Waals surface area contributed by atoms with Crippen LogP contribution in [0.2, 0.25) is 5.02 Å². The quantitative estimate of drug-likeness (QED) is 0.445. The van der Waals surface area contributed by atoms with E-state index in [-0.39, 0.29) is 22.0 Å². The second kappa shape index (κ2) is 9.84. The molecule has 0 saturated carbocycles. The highest BCUT2D eigenvalue weighted by Gasteiger charge is 2.37. The molecule has 2 aromatic carbocycles. The lowest BCUT2D eigenvalue weighted by molar-refractivity contribution is -0.138. The first-order valence-electron chi connectivity index (χ1n) is 10.3. The van der Waals surface area contributed by atoms with Gasteiger partial charge in [0.15, 0.2) is 0 Å². The second-order valence-electron chi connectivity index (χ2n) is 7.98. The van der Waals surface area contributed by atoms with Crippen molar-refractivity contribution in [3.63, 3.8) is 0 Å².